The second-order valence-corrected chi connectivity index (χ2v) is 20.5. The lowest BCUT2D eigenvalue weighted by atomic mass is 9.70. The summed E-state index contributed by atoms with van der Waals surface area (Å²) in [6, 6.07) is 22.9. The van der Waals surface area contributed by atoms with Gasteiger partial charge in [0, 0.05) is 50.2 Å². The van der Waals surface area contributed by atoms with Crippen molar-refractivity contribution in [3.63, 3.8) is 0 Å². The summed E-state index contributed by atoms with van der Waals surface area (Å²) in [5, 5.41) is 44.1. The summed E-state index contributed by atoms with van der Waals surface area (Å²) in [5.41, 5.74) is -0.138. The highest BCUT2D eigenvalue weighted by atomic mass is 35.5. The number of carbonyl (C=O) groups excluding carboxylic acids is 2. The molecule has 3 fully saturated rings. The van der Waals surface area contributed by atoms with Gasteiger partial charge in [-0.2, -0.15) is 0 Å². The summed E-state index contributed by atoms with van der Waals surface area (Å²) in [4.78, 5) is 29.9. The van der Waals surface area contributed by atoms with E-state index in [0.29, 0.717) is 70.6 Å². The average molecular weight is 1010 g/mol. The van der Waals surface area contributed by atoms with E-state index in [1.165, 1.54) is 0 Å². The van der Waals surface area contributed by atoms with Gasteiger partial charge >= 0.3 is 11.9 Å². The fraction of sp³-hybridized carbons (Fsp3) is 0.643. The van der Waals surface area contributed by atoms with E-state index in [4.69, 9.17) is 23.7 Å². The molecule has 0 bridgehead atoms. The predicted molar refractivity (Wildman–Crippen MR) is 281 cm³/mol. The number of nitrogens with zero attached hydrogens (tertiary/aromatic N) is 3. The van der Waals surface area contributed by atoms with Gasteiger partial charge in [-0.3, -0.25) is 9.59 Å². The number of hydrogen-bond donors (Lipinski definition) is 4. The molecule has 15 heteroatoms. The number of aliphatic hydroxyl groups excluding tert-OH is 1. The predicted octanol–water partition coefficient (Wildman–Crippen LogP) is 7.94. The Labute approximate surface area is 431 Å². The number of hydrogen-bond acceptors (Lipinski definition) is 14. The van der Waals surface area contributed by atoms with Crippen molar-refractivity contribution < 1.29 is 53.7 Å². The highest BCUT2D eigenvalue weighted by Gasteiger charge is 2.47. The minimum absolute atomic E-state index is 0. The van der Waals surface area contributed by atoms with Crippen LogP contribution in [0.1, 0.15) is 114 Å². The maximum atomic E-state index is 11.8. The van der Waals surface area contributed by atoms with Crippen LogP contribution >= 0.6 is 12.4 Å². The number of esters is 2. The maximum absolute atomic E-state index is 11.8. The molecule has 3 saturated carbocycles. The number of aliphatic hydroxyl groups is 4. The van der Waals surface area contributed by atoms with E-state index in [1.807, 2.05) is 129 Å². The quantitative estimate of drug-likeness (QED) is 0.0906. The van der Waals surface area contributed by atoms with E-state index in [2.05, 4.69) is 14.7 Å². The van der Waals surface area contributed by atoms with Crippen LogP contribution in [0, 0.1) is 17.8 Å². The van der Waals surface area contributed by atoms with E-state index < -0.39 is 16.8 Å². The normalized spacial score (nSPS) is 27.2. The zero-order chi connectivity index (χ0) is 51.6. The first kappa shape index (κ1) is 61.3. The van der Waals surface area contributed by atoms with Crippen molar-refractivity contribution in [1.82, 2.24) is 14.7 Å². The standard InChI is InChI=1S/2C20H31NO4.C16H25NO3.ClH/c2*1-5-7-19(22)25-18-10-11-20(23,16(13-18)14-21(2)3)15-8-6-9-17(12-15)24-4;1-17(2)11-13-9-14(18)7-8-16(13,19)12-5-4-6-15(10-12)20-3;/h2*6,8-9,12,16,18,23H,5,7,10-11,13-14H2,1-4H3;4-6,10,13-14,18-19H,7-9,11H2,1-3H3;1H. The first-order chi connectivity index (χ1) is 33.2. The molecule has 4 N–H and O–H groups in total. The van der Waals surface area contributed by atoms with Crippen LogP contribution in [0.3, 0.4) is 0 Å². The number of carbonyl (C=O) groups is 2. The van der Waals surface area contributed by atoms with E-state index >= 15 is 0 Å². The Hall–Kier alpha value is -3.99. The lowest BCUT2D eigenvalue weighted by Gasteiger charge is -2.44. The molecule has 71 heavy (non-hydrogen) atoms. The molecular formula is C56H88ClN3O11. The third-order valence-corrected chi connectivity index (χ3v) is 14.2. The van der Waals surface area contributed by atoms with E-state index in [0.717, 1.165) is 66.4 Å². The molecule has 0 aliphatic heterocycles. The lowest BCUT2D eigenvalue weighted by molar-refractivity contribution is -0.159. The number of methoxy groups -OCH3 is 3. The summed E-state index contributed by atoms with van der Waals surface area (Å²) in [6.45, 7) is 6.16. The first-order valence-electron chi connectivity index (χ1n) is 25.3. The molecule has 0 radical (unpaired) electrons. The molecule has 6 rings (SSSR count). The number of benzene rings is 3. The van der Waals surface area contributed by atoms with Crippen LogP contribution < -0.4 is 14.2 Å². The fourth-order valence-corrected chi connectivity index (χ4v) is 10.6. The van der Waals surface area contributed by atoms with Crippen molar-refractivity contribution in [2.45, 2.75) is 132 Å². The minimum atomic E-state index is -0.938. The minimum Gasteiger partial charge on any atom is -0.497 e. The second kappa shape index (κ2) is 29.0. The van der Waals surface area contributed by atoms with Crippen LogP contribution in [-0.2, 0) is 35.9 Å². The number of halogens is 1. The van der Waals surface area contributed by atoms with Crippen molar-refractivity contribution in [1.29, 1.82) is 0 Å². The Kier molecular flexibility index (Phi) is 25.1. The van der Waals surface area contributed by atoms with Gasteiger partial charge in [0.25, 0.3) is 0 Å². The third kappa shape index (κ3) is 17.6. The molecule has 14 nitrogen and oxygen atoms in total. The van der Waals surface area contributed by atoms with Crippen molar-refractivity contribution in [3.8, 4) is 17.2 Å². The number of ether oxygens (including phenoxy) is 5. The molecule has 3 aliphatic carbocycles. The highest BCUT2D eigenvalue weighted by molar-refractivity contribution is 5.85. The molecule has 0 heterocycles. The van der Waals surface area contributed by atoms with Crippen LogP contribution in [-0.4, -0.2) is 149 Å². The molecule has 3 aromatic rings. The molecule has 9 atom stereocenters. The SMILES string of the molecule is CCCC(=O)OC1CCC(O)(c2cccc(OC)c2)C(CN(C)C)C1.CCCC(=O)OC1CCC(O)(c2cccc(OC)c2)C(CN(C)C)C1.COc1cccc(C2(O)CCC(O)CC2CN(C)C)c1.Cl. The van der Waals surface area contributed by atoms with Crippen LogP contribution in [0.15, 0.2) is 72.8 Å². The molecule has 400 valence electrons. The Balaban J connectivity index is 0.000000281. The van der Waals surface area contributed by atoms with Crippen LogP contribution in [0.4, 0.5) is 0 Å². The van der Waals surface area contributed by atoms with E-state index in [-0.39, 0.29) is 60.4 Å². The summed E-state index contributed by atoms with van der Waals surface area (Å²) >= 11 is 0. The van der Waals surface area contributed by atoms with Crippen LogP contribution in [0.5, 0.6) is 17.2 Å². The summed E-state index contributed by atoms with van der Waals surface area (Å²) in [6.07, 6.45) is 7.62. The van der Waals surface area contributed by atoms with E-state index in [1.54, 1.807) is 21.3 Å². The van der Waals surface area contributed by atoms with Crippen LogP contribution in [0.25, 0.3) is 0 Å². The van der Waals surface area contributed by atoms with Gasteiger partial charge in [-0.25, -0.2) is 0 Å². The molecule has 3 aromatic carbocycles. The highest BCUT2D eigenvalue weighted by Crippen LogP contribution is 2.46. The van der Waals surface area contributed by atoms with Gasteiger partial charge in [-0.1, -0.05) is 50.2 Å². The number of rotatable bonds is 18. The zero-order valence-corrected chi connectivity index (χ0v) is 45.4. The summed E-state index contributed by atoms with van der Waals surface area (Å²) in [5.74, 6) is 1.97. The van der Waals surface area contributed by atoms with Crippen molar-refractivity contribution >= 4 is 24.3 Å². The van der Waals surface area contributed by atoms with Crippen molar-refractivity contribution in [2.24, 2.45) is 17.8 Å². The molecule has 0 spiro atoms. The van der Waals surface area contributed by atoms with Gasteiger partial charge in [0.15, 0.2) is 0 Å². The monoisotopic (exact) mass is 1010 g/mol. The molecule has 0 saturated heterocycles. The largest absolute Gasteiger partial charge is 0.497 e. The van der Waals surface area contributed by atoms with Crippen LogP contribution in [0.2, 0.25) is 0 Å². The van der Waals surface area contributed by atoms with Crippen molar-refractivity contribution in [2.75, 3.05) is 83.2 Å². The van der Waals surface area contributed by atoms with Gasteiger partial charge in [0.05, 0.1) is 44.2 Å². The van der Waals surface area contributed by atoms with Gasteiger partial charge in [-0.05, 0) is 166 Å². The Morgan fingerprint density at radius 1 is 0.535 bits per heavy atom. The molecule has 0 aromatic heterocycles. The fourth-order valence-electron chi connectivity index (χ4n) is 10.6. The molecular weight excluding hydrogens is 926 g/mol. The first-order valence-corrected chi connectivity index (χ1v) is 25.3. The molecule has 0 amide bonds. The van der Waals surface area contributed by atoms with Gasteiger partial charge < -0.3 is 58.8 Å². The Bertz CT molecular complexity index is 1950. The maximum Gasteiger partial charge on any atom is 0.306 e. The summed E-state index contributed by atoms with van der Waals surface area (Å²) in [7, 11) is 16.9. The topological polar surface area (TPSA) is 171 Å². The van der Waals surface area contributed by atoms with Gasteiger partial charge in [0.1, 0.15) is 29.5 Å². The Morgan fingerprint density at radius 3 is 1.14 bits per heavy atom. The smallest absolute Gasteiger partial charge is 0.306 e. The molecule has 3 aliphatic rings. The second-order valence-electron chi connectivity index (χ2n) is 20.5. The Morgan fingerprint density at radius 2 is 0.845 bits per heavy atom. The molecule has 9 unspecified atom stereocenters. The summed E-state index contributed by atoms with van der Waals surface area (Å²) < 4.78 is 27.1. The van der Waals surface area contributed by atoms with E-state index in [9.17, 15) is 30.0 Å². The van der Waals surface area contributed by atoms with Gasteiger partial charge in [-0.15, -0.1) is 12.4 Å². The van der Waals surface area contributed by atoms with Crippen molar-refractivity contribution in [3.05, 3.63) is 89.5 Å². The average Bonchev–Trinajstić information content (AvgIpc) is 3.32. The lowest BCUT2D eigenvalue weighted by Crippen LogP contribution is -2.47. The van der Waals surface area contributed by atoms with Gasteiger partial charge in [0.2, 0.25) is 0 Å². The third-order valence-electron chi connectivity index (χ3n) is 14.2. The zero-order valence-electron chi connectivity index (χ0n) is 44.6.